The van der Waals surface area contributed by atoms with Crippen LogP contribution in [0.2, 0.25) is 5.02 Å². The number of fused-ring (bicyclic) bond motifs is 3. The lowest BCUT2D eigenvalue weighted by molar-refractivity contribution is 0.472. The molecule has 0 amide bonds. The minimum absolute atomic E-state index is 0.267. The van der Waals surface area contributed by atoms with Gasteiger partial charge in [0.25, 0.3) is 0 Å². The summed E-state index contributed by atoms with van der Waals surface area (Å²) in [4.78, 5) is 12.9. The topological polar surface area (TPSA) is 39.4 Å². The summed E-state index contributed by atoms with van der Waals surface area (Å²) in [7, 11) is 0. The van der Waals surface area contributed by atoms with Gasteiger partial charge in [0, 0.05) is 16.5 Å². The lowest BCUT2D eigenvalue weighted by Gasteiger charge is -2.25. The summed E-state index contributed by atoms with van der Waals surface area (Å²) in [6.07, 6.45) is 1.96. The Balaban J connectivity index is 1.78. The molecule has 0 radical (unpaired) electrons. The summed E-state index contributed by atoms with van der Waals surface area (Å²) < 4.78 is 11.8. The van der Waals surface area contributed by atoms with E-state index in [1.165, 1.54) is 0 Å². The Kier molecular flexibility index (Phi) is 4.03. The van der Waals surface area contributed by atoms with Crippen molar-refractivity contribution in [2.45, 2.75) is 5.92 Å². The quantitative estimate of drug-likeness (QED) is 0.396. The van der Waals surface area contributed by atoms with E-state index in [4.69, 9.17) is 20.8 Å². The lowest BCUT2D eigenvalue weighted by atomic mass is 9.88. The van der Waals surface area contributed by atoms with Crippen molar-refractivity contribution in [3.05, 3.63) is 117 Å². The molecule has 3 aromatic carbocycles. The number of hydrogen-bond donors (Lipinski definition) is 0. The van der Waals surface area contributed by atoms with Crippen molar-refractivity contribution >= 4 is 28.3 Å². The van der Waals surface area contributed by atoms with Crippen LogP contribution in [-0.2, 0) is 0 Å². The fraction of sp³-hybridized carbons (Fsp3) is 0.0417. The molecule has 3 nitrogen and oxygen atoms in total. The van der Waals surface area contributed by atoms with E-state index in [-0.39, 0.29) is 11.5 Å². The number of rotatable bonds is 2. The van der Waals surface area contributed by atoms with Crippen LogP contribution in [0.3, 0.4) is 0 Å². The molecule has 5 rings (SSSR count). The summed E-state index contributed by atoms with van der Waals surface area (Å²) >= 11 is 6.04. The third kappa shape index (κ3) is 2.81. The normalized spacial score (nSPS) is 15.6. The minimum atomic E-state index is -0.381. The Labute approximate surface area is 166 Å². The molecular weight excluding hydrogens is 372 g/mol. The van der Waals surface area contributed by atoms with E-state index in [0.29, 0.717) is 27.7 Å². The predicted molar refractivity (Wildman–Crippen MR) is 111 cm³/mol. The second-order valence-electron chi connectivity index (χ2n) is 6.66. The molecule has 1 unspecified atom stereocenters. The fourth-order valence-electron chi connectivity index (χ4n) is 3.59. The highest BCUT2D eigenvalue weighted by atomic mass is 35.5. The fourth-order valence-corrected chi connectivity index (χ4v) is 3.71. The molecular formula is C24H15ClO3. The zero-order valence-electron chi connectivity index (χ0n) is 14.8. The highest BCUT2D eigenvalue weighted by Crippen LogP contribution is 2.42. The van der Waals surface area contributed by atoms with Gasteiger partial charge in [-0.1, -0.05) is 54.1 Å². The van der Waals surface area contributed by atoms with E-state index in [1.807, 2.05) is 78.9 Å². The molecule has 28 heavy (non-hydrogen) atoms. The second kappa shape index (κ2) is 6.70. The van der Waals surface area contributed by atoms with Crippen LogP contribution < -0.4 is 10.4 Å². The first-order valence-electron chi connectivity index (χ1n) is 8.97. The molecule has 0 saturated carbocycles. The summed E-state index contributed by atoms with van der Waals surface area (Å²) in [5.41, 5.74) is 2.54. The van der Waals surface area contributed by atoms with Gasteiger partial charge in [0.05, 0.1) is 10.9 Å². The monoisotopic (exact) mass is 386 g/mol. The van der Waals surface area contributed by atoms with Crippen molar-refractivity contribution in [2.75, 3.05) is 0 Å². The molecule has 0 aliphatic carbocycles. The minimum Gasteiger partial charge on any atom is -0.456 e. The van der Waals surface area contributed by atoms with E-state index in [1.54, 1.807) is 6.07 Å². The molecule has 0 bridgehead atoms. The second-order valence-corrected chi connectivity index (χ2v) is 7.09. The average molecular weight is 387 g/mol. The Morgan fingerprint density at radius 2 is 1.54 bits per heavy atom. The van der Waals surface area contributed by atoms with Crippen molar-refractivity contribution in [2.24, 2.45) is 0 Å². The largest absolute Gasteiger partial charge is 0.456 e. The van der Waals surface area contributed by atoms with E-state index >= 15 is 0 Å². The summed E-state index contributed by atoms with van der Waals surface area (Å²) in [5, 5.41) is 1.43. The van der Waals surface area contributed by atoms with Gasteiger partial charge in [-0.3, -0.25) is 0 Å². The summed E-state index contributed by atoms with van der Waals surface area (Å²) in [6.45, 7) is 0. The zero-order valence-corrected chi connectivity index (χ0v) is 15.5. The van der Waals surface area contributed by atoms with E-state index in [2.05, 4.69) is 0 Å². The van der Waals surface area contributed by atoms with Crippen LogP contribution in [0.4, 0.5) is 0 Å². The van der Waals surface area contributed by atoms with E-state index in [9.17, 15) is 4.79 Å². The maximum Gasteiger partial charge on any atom is 0.344 e. The Bertz CT molecular complexity index is 1250. The average Bonchev–Trinajstić information content (AvgIpc) is 2.74. The zero-order chi connectivity index (χ0) is 19.1. The van der Waals surface area contributed by atoms with Gasteiger partial charge in [0.15, 0.2) is 0 Å². The van der Waals surface area contributed by atoms with E-state index in [0.717, 1.165) is 16.5 Å². The standard InChI is InChI=1S/C24H15ClO3/c25-17-12-10-16(11-13-17)21-14-19(15-6-2-1-3-7-15)22-23(27-21)18-8-4-5-9-20(18)28-24(22)26/h1-14,19H. The SMILES string of the molecule is O=c1oc2ccccc2c2c1C(c1ccccc1)C=C(c1ccc(Cl)cc1)O2. The lowest BCUT2D eigenvalue weighted by Crippen LogP contribution is -2.19. The first-order valence-corrected chi connectivity index (χ1v) is 9.35. The van der Waals surface area contributed by atoms with Crippen molar-refractivity contribution in [1.29, 1.82) is 0 Å². The van der Waals surface area contributed by atoms with E-state index < -0.39 is 0 Å². The summed E-state index contributed by atoms with van der Waals surface area (Å²) in [5.74, 6) is 0.971. The number of allylic oxidation sites excluding steroid dienone is 1. The number of benzene rings is 3. The number of hydrogen-bond acceptors (Lipinski definition) is 3. The molecule has 4 aromatic rings. The smallest absolute Gasteiger partial charge is 0.344 e. The predicted octanol–water partition coefficient (Wildman–Crippen LogP) is 6.01. The van der Waals surface area contributed by atoms with Crippen LogP contribution in [-0.4, -0.2) is 0 Å². The maximum absolute atomic E-state index is 12.9. The van der Waals surface area contributed by atoms with Crippen molar-refractivity contribution in [3.8, 4) is 5.75 Å². The van der Waals surface area contributed by atoms with Gasteiger partial charge >= 0.3 is 5.63 Å². The van der Waals surface area contributed by atoms with Crippen LogP contribution in [0.15, 0.2) is 94.2 Å². The van der Waals surface area contributed by atoms with Gasteiger partial charge in [-0.2, -0.15) is 0 Å². The molecule has 1 aromatic heterocycles. The highest BCUT2D eigenvalue weighted by Gasteiger charge is 2.30. The molecule has 0 fully saturated rings. The van der Waals surface area contributed by atoms with Crippen molar-refractivity contribution in [1.82, 2.24) is 0 Å². The van der Waals surface area contributed by atoms with Gasteiger partial charge in [0.2, 0.25) is 0 Å². The molecule has 136 valence electrons. The third-order valence-corrected chi connectivity index (χ3v) is 5.18. The molecule has 1 aliphatic heterocycles. The molecule has 2 heterocycles. The highest BCUT2D eigenvalue weighted by molar-refractivity contribution is 6.30. The summed E-state index contributed by atoms with van der Waals surface area (Å²) in [6, 6.07) is 24.8. The number of ether oxygens (including phenoxy) is 1. The molecule has 0 saturated heterocycles. The molecule has 0 spiro atoms. The number of halogens is 1. The van der Waals surface area contributed by atoms with Gasteiger partial charge < -0.3 is 9.15 Å². The Hall–Kier alpha value is -3.30. The van der Waals surface area contributed by atoms with Crippen molar-refractivity contribution < 1.29 is 9.15 Å². The first-order chi connectivity index (χ1) is 13.7. The van der Waals surface area contributed by atoms with Crippen LogP contribution >= 0.6 is 11.6 Å². The number of para-hydroxylation sites is 1. The van der Waals surface area contributed by atoms with Crippen LogP contribution in [0.25, 0.3) is 16.7 Å². The Morgan fingerprint density at radius 1 is 0.821 bits per heavy atom. The molecule has 0 N–H and O–H groups in total. The van der Waals surface area contributed by atoms with Gasteiger partial charge in [-0.25, -0.2) is 4.79 Å². The maximum atomic E-state index is 12.9. The van der Waals surface area contributed by atoms with Crippen molar-refractivity contribution in [3.63, 3.8) is 0 Å². The molecule has 4 heteroatoms. The van der Waals surface area contributed by atoms with Crippen LogP contribution in [0, 0.1) is 0 Å². The van der Waals surface area contributed by atoms with Gasteiger partial charge in [-0.15, -0.1) is 0 Å². The van der Waals surface area contributed by atoms with Crippen LogP contribution in [0.1, 0.15) is 22.6 Å². The van der Waals surface area contributed by atoms with Crippen LogP contribution in [0.5, 0.6) is 5.75 Å². The Morgan fingerprint density at radius 3 is 2.32 bits per heavy atom. The first kappa shape index (κ1) is 16.8. The van der Waals surface area contributed by atoms with Gasteiger partial charge in [0.1, 0.15) is 17.1 Å². The molecule has 1 atom stereocenters. The molecule has 1 aliphatic rings. The third-order valence-electron chi connectivity index (χ3n) is 4.93. The van der Waals surface area contributed by atoms with Gasteiger partial charge in [-0.05, 0) is 48.0 Å².